The normalized spacial score (nSPS) is 55.7. The van der Waals surface area contributed by atoms with Gasteiger partial charge in [0.25, 0.3) is 0 Å². The van der Waals surface area contributed by atoms with Crippen molar-refractivity contribution >= 4 is 5.78 Å². The number of halogens is 1. The van der Waals surface area contributed by atoms with E-state index in [1.165, 1.54) is 5.57 Å². The number of fused-ring (bicyclic) bond motifs is 5. The van der Waals surface area contributed by atoms with Gasteiger partial charge in [0.15, 0.2) is 5.78 Å². The summed E-state index contributed by atoms with van der Waals surface area (Å²) in [6.45, 7) is 6.12. The van der Waals surface area contributed by atoms with Crippen molar-refractivity contribution in [2.24, 2.45) is 35.0 Å². The van der Waals surface area contributed by atoms with Crippen molar-refractivity contribution in [1.29, 1.82) is 0 Å². The number of aliphatic hydroxyl groups is 1. The maximum Gasteiger partial charge on any atom is 0.155 e. The first-order chi connectivity index (χ1) is 10.8. The van der Waals surface area contributed by atoms with E-state index in [0.717, 1.165) is 25.7 Å². The van der Waals surface area contributed by atoms with E-state index in [1.807, 2.05) is 6.08 Å². The van der Waals surface area contributed by atoms with Crippen LogP contribution in [0.2, 0.25) is 0 Å². The fraction of sp³-hybridized carbons (Fsp3) is 0.850. The summed E-state index contributed by atoms with van der Waals surface area (Å²) in [7, 11) is 0. The van der Waals surface area contributed by atoms with E-state index in [4.69, 9.17) is 0 Å². The Bertz CT molecular complexity index is 566. The summed E-state index contributed by atoms with van der Waals surface area (Å²) < 4.78 is 14.6. The lowest BCUT2D eigenvalue weighted by Crippen LogP contribution is -2.54. The van der Waals surface area contributed by atoms with Gasteiger partial charge in [-0.15, -0.1) is 0 Å². The van der Waals surface area contributed by atoms with E-state index in [2.05, 4.69) is 13.8 Å². The number of carbonyl (C=O) groups excluding carboxylic acids is 1. The Morgan fingerprint density at radius 1 is 1.30 bits per heavy atom. The zero-order valence-electron chi connectivity index (χ0n) is 14.5. The molecule has 3 heteroatoms. The molecule has 0 aromatic carbocycles. The van der Waals surface area contributed by atoms with E-state index < -0.39 is 11.8 Å². The van der Waals surface area contributed by atoms with Crippen LogP contribution in [0.4, 0.5) is 4.39 Å². The van der Waals surface area contributed by atoms with Gasteiger partial charge in [-0.05, 0) is 74.7 Å². The van der Waals surface area contributed by atoms with Gasteiger partial charge < -0.3 is 5.11 Å². The molecule has 0 amide bonds. The Labute approximate surface area is 138 Å². The molecule has 0 aromatic rings. The first kappa shape index (κ1) is 15.8. The molecular formula is C20H29FO2. The highest BCUT2D eigenvalue weighted by molar-refractivity contribution is 5.91. The predicted molar refractivity (Wildman–Crippen MR) is 87.5 cm³/mol. The van der Waals surface area contributed by atoms with Crippen molar-refractivity contribution in [3.63, 3.8) is 0 Å². The third kappa shape index (κ3) is 1.98. The van der Waals surface area contributed by atoms with E-state index in [1.54, 1.807) is 6.92 Å². The van der Waals surface area contributed by atoms with Crippen molar-refractivity contribution in [3.05, 3.63) is 11.6 Å². The topological polar surface area (TPSA) is 37.3 Å². The van der Waals surface area contributed by atoms with Crippen LogP contribution in [-0.4, -0.2) is 22.7 Å². The Morgan fingerprint density at radius 3 is 2.78 bits per heavy atom. The van der Waals surface area contributed by atoms with Crippen LogP contribution in [0.25, 0.3) is 0 Å². The van der Waals surface area contributed by atoms with Gasteiger partial charge in [-0.1, -0.05) is 19.4 Å². The number of rotatable bonds is 0. The second-order valence-electron chi connectivity index (χ2n) is 9.17. The molecule has 0 spiro atoms. The molecule has 0 saturated heterocycles. The second kappa shape index (κ2) is 4.91. The lowest BCUT2D eigenvalue weighted by Gasteiger charge is -2.57. The van der Waals surface area contributed by atoms with Gasteiger partial charge in [0.05, 0.1) is 5.60 Å². The Balaban J connectivity index is 1.71. The maximum absolute atomic E-state index is 14.6. The molecule has 23 heavy (non-hydrogen) atoms. The largest absolute Gasteiger partial charge is 0.387 e. The van der Waals surface area contributed by atoms with E-state index in [9.17, 15) is 14.3 Å². The molecule has 4 rings (SSSR count). The molecule has 0 heterocycles. The molecule has 0 aliphatic heterocycles. The molecule has 3 saturated carbocycles. The Morgan fingerprint density at radius 2 is 2.04 bits per heavy atom. The molecule has 0 bridgehead atoms. The highest BCUT2D eigenvalue weighted by Gasteiger charge is 2.65. The number of hydrogen-bond acceptors (Lipinski definition) is 2. The zero-order chi connectivity index (χ0) is 16.6. The van der Waals surface area contributed by atoms with Gasteiger partial charge in [0.1, 0.15) is 6.17 Å². The minimum Gasteiger partial charge on any atom is -0.387 e. The summed E-state index contributed by atoms with van der Waals surface area (Å²) >= 11 is 0. The number of carbonyl (C=O) groups is 1. The van der Waals surface area contributed by atoms with Crippen LogP contribution in [0.15, 0.2) is 11.6 Å². The number of alkyl halides is 1. The summed E-state index contributed by atoms with van der Waals surface area (Å²) in [6, 6.07) is 0. The highest BCUT2D eigenvalue weighted by Crippen LogP contribution is 2.66. The molecule has 128 valence electrons. The summed E-state index contributed by atoms with van der Waals surface area (Å²) in [5.41, 5.74) is -0.130. The summed E-state index contributed by atoms with van der Waals surface area (Å²) in [5.74, 6) is 2.66. The summed E-state index contributed by atoms with van der Waals surface area (Å²) in [4.78, 5) is 11.8. The van der Waals surface area contributed by atoms with Crippen LogP contribution in [-0.2, 0) is 4.79 Å². The summed E-state index contributed by atoms with van der Waals surface area (Å²) in [6.07, 6.45) is 5.96. The van der Waals surface area contributed by atoms with Crippen LogP contribution in [0, 0.1) is 35.0 Å². The third-order valence-electron chi connectivity index (χ3n) is 8.26. The third-order valence-corrected chi connectivity index (χ3v) is 8.26. The van der Waals surface area contributed by atoms with Gasteiger partial charge >= 0.3 is 0 Å². The van der Waals surface area contributed by atoms with Gasteiger partial charge in [-0.2, -0.15) is 0 Å². The van der Waals surface area contributed by atoms with Gasteiger partial charge in [-0.3, -0.25) is 4.79 Å². The average Bonchev–Trinajstić information content (AvgIpc) is 2.66. The van der Waals surface area contributed by atoms with Crippen LogP contribution >= 0.6 is 0 Å². The lowest BCUT2D eigenvalue weighted by molar-refractivity contribution is -0.132. The van der Waals surface area contributed by atoms with Crippen molar-refractivity contribution < 1.29 is 14.3 Å². The SMILES string of the molecule is C[C@@H]1CC2=CC(=O)CC[C@@H]2[C@H]2CC[C@@]3(C)[C@@H](C[C@@H](F)[C@]3(C)O)[C@@H]21. The number of hydrogen-bond donors (Lipinski definition) is 1. The van der Waals surface area contributed by atoms with Crippen molar-refractivity contribution in [2.45, 2.75) is 71.1 Å². The smallest absolute Gasteiger partial charge is 0.155 e. The first-order valence-electron chi connectivity index (χ1n) is 9.35. The fourth-order valence-corrected chi connectivity index (χ4v) is 6.79. The minimum atomic E-state index is -1.19. The first-order valence-corrected chi connectivity index (χ1v) is 9.35. The molecule has 4 aliphatic rings. The number of allylic oxidation sites excluding steroid dienone is 1. The number of ketones is 1. The van der Waals surface area contributed by atoms with Crippen LogP contribution in [0.1, 0.15) is 59.3 Å². The molecule has 3 fully saturated rings. The Kier molecular flexibility index (Phi) is 3.37. The molecule has 0 unspecified atom stereocenters. The van der Waals surface area contributed by atoms with Crippen molar-refractivity contribution in [3.8, 4) is 0 Å². The second-order valence-corrected chi connectivity index (χ2v) is 9.17. The van der Waals surface area contributed by atoms with Gasteiger partial charge in [-0.25, -0.2) is 4.39 Å². The minimum absolute atomic E-state index is 0.278. The lowest BCUT2D eigenvalue weighted by atomic mass is 9.48. The van der Waals surface area contributed by atoms with Crippen molar-refractivity contribution in [1.82, 2.24) is 0 Å². The van der Waals surface area contributed by atoms with E-state index >= 15 is 0 Å². The maximum atomic E-state index is 14.6. The Hall–Kier alpha value is -0.700. The van der Waals surface area contributed by atoms with E-state index in [-0.39, 0.29) is 17.1 Å². The zero-order valence-corrected chi connectivity index (χ0v) is 14.5. The predicted octanol–water partition coefficient (Wildman–Crippen LogP) is 4.07. The monoisotopic (exact) mass is 320 g/mol. The highest BCUT2D eigenvalue weighted by atomic mass is 19.1. The van der Waals surface area contributed by atoms with Crippen LogP contribution in [0.5, 0.6) is 0 Å². The molecule has 1 N–H and O–H groups in total. The molecule has 8 atom stereocenters. The molecule has 2 nitrogen and oxygen atoms in total. The van der Waals surface area contributed by atoms with Gasteiger partial charge in [0.2, 0.25) is 0 Å². The quantitative estimate of drug-likeness (QED) is 0.730. The van der Waals surface area contributed by atoms with Crippen LogP contribution < -0.4 is 0 Å². The molecular weight excluding hydrogens is 291 g/mol. The van der Waals surface area contributed by atoms with Gasteiger partial charge in [0, 0.05) is 11.8 Å². The van der Waals surface area contributed by atoms with Crippen LogP contribution in [0.3, 0.4) is 0 Å². The average molecular weight is 320 g/mol. The molecule has 0 aromatic heterocycles. The molecule has 0 radical (unpaired) electrons. The van der Waals surface area contributed by atoms with Crippen molar-refractivity contribution in [2.75, 3.05) is 0 Å². The van der Waals surface area contributed by atoms with E-state index in [0.29, 0.717) is 36.5 Å². The molecule has 4 aliphatic carbocycles. The fourth-order valence-electron chi connectivity index (χ4n) is 6.79. The summed E-state index contributed by atoms with van der Waals surface area (Å²) in [5, 5.41) is 10.8. The standard InChI is InChI=1S/C20H29FO2/c1-11-8-12-9-13(22)4-5-14(12)15-6-7-19(2)16(18(11)15)10-17(21)20(19,3)23/h9,11,14-18,23H,4-8,10H2,1-3H3/t11-,14+,15-,16+,17-,18-,19+,20+/m1/s1.